The van der Waals surface area contributed by atoms with E-state index >= 15 is 0 Å². The number of carbonyl (C=O) groups excluding carboxylic acids is 1. The van der Waals surface area contributed by atoms with Gasteiger partial charge in [-0.2, -0.15) is 0 Å². The van der Waals surface area contributed by atoms with E-state index in [1.54, 1.807) is 16.3 Å². The first-order chi connectivity index (χ1) is 8.16. The number of carbonyl (C=O) groups is 1. The fourth-order valence-corrected chi connectivity index (χ4v) is 2.78. The third kappa shape index (κ3) is 3.05. The van der Waals surface area contributed by atoms with Gasteiger partial charge in [-0.3, -0.25) is 10.2 Å². The van der Waals surface area contributed by atoms with Gasteiger partial charge in [0.2, 0.25) is 5.91 Å². The summed E-state index contributed by atoms with van der Waals surface area (Å²) in [6.07, 6.45) is 1.32. The van der Waals surface area contributed by atoms with Crippen LogP contribution in [0.4, 0.5) is 0 Å². The fraction of sp³-hybridized carbons (Fsp3) is 0.308. The molecule has 1 amide bonds. The van der Waals surface area contributed by atoms with E-state index in [2.05, 4.69) is 22.9 Å². The van der Waals surface area contributed by atoms with Crippen LogP contribution >= 0.6 is 11.3 Å². The van der Waals surface area contributed by atoms with Crippen molar-refractivity contribution in [3.8, 4) is 0 Å². The van der Waals surface area contributed by atoms with Gasteiger partial charge in [-0.1, -0.05) is 18.2 Å². The molecule has 90 valence electrons. The zero-order chi connectivity index (χ0) is 12.3. The molecule has 1 aromatic carbocycles. The molecule has 0 radical (unpaired) electrons. The number of aryl methyl sites for hydroxylation is 1. The minimum Gasteiger partial charge on any atom is -0.289 e. The van der Waals surface area contributed by atoms with E-state index in [1.165, 1.54) is 15.6 Å². The highest BCUT2D eigenvalue weighted by Crippen LogP contribution is 2.26. The summed E-state index contributed by atoms with van der Waals surface area (Å²) in [5.41, 5.74) is 4.01. The van der Waals surface area contributed by atoms with E-state index in [0.29, 0.717) is 6.42 Å². The van der Waals surface area contributed by atoms with Gasteiger partial charge < -0.3 is 0 Å². The van der Waals surface area contributed by atoms with Crippen LogP contribution in [-0.4, -0.2) is 25.0 Å². The number of fused-ring (bicyclic) bond motifs is 1. The second-order valence-electron chi connectivity index (χ2n) is 4.19. The first-order valence-electron chi connectivity index (χ1n) is 5.59. The molecule has 1 heterocycles. The molecule has 4 heteroatoms. The van der Waals surface area contributed by atoms with E-state index in [4.69, 9.17) is 0 Å². The van der Waals surface area contributed by atoms with Crippen LogP contribution in [0, 0.1) is 0 Å². The predicted molar refractivity (Wildman–Crippen MR) is 72.0 cm³/mol. The summed E-state index contributed by atoms with van der Waals surface area (Å²) in [7, 11) is 3.63. The molecule has 0 aliphatic carbocycles. The summed E-state index contributed by atoms with van der Waals surface area (Å²) in [6.45, 7) is 0. The van der Waals surface area contributed by atoms with E-state index in [9.17, 15) is 4.79 Å². The number of hydrogen-bond donors (Lipinski definition) is 1. The Kier molecular flexibility index (Phi) is 3.76. The Morgan fingerprint density at radius 2 is 2.12 bits per heavy atom. The van der Waals surface area contributed by atoms with Crippen molar-refractivity contribution in [1.82, 2.24) is 10.4 Å². The second kappa shape index (κ2) is 5.29. The van der Waals surface area contributed by atoms with Crippen molar-refractivity contribution < 1.29 is 4.79 Å². The van der Waals surface area contributed by atoms with Crippen molar-refractivity contribution in [3.63, 3.8) is 0 Å². The molecular formula is C13H16N2OS. The minimum atomic E-state index is 0.0604. The number of hydrogen-bond acceptors (Lipinski definition) is 3. The molecule has 0 fully saturated rings. The third-order valence-electron chi connectivity index (χ3n) is 2.53. The van der Waals surface area contributed by atoms with Crippen LogP contribution in [0.1, 0.15) is 12.0 Å². The summed E-state index contributed by atoms with van der Waals surface area (Å²) in [5, 5.41) is 5.09. The Balaban J connectivity index is 2.02. The molecule has 0 spiro atoms. The average molecular weight is 248 g/mol. The maximum absolute atomic E-state index is 11.5. The highest BCUT2D eigenvalue weighted by atomic mass is 32.1. The van der Waals surface area contributed by atoms with E-state index < -0.39 is 0 Å². The van der Waals surface area contributed by atoms with E-state index in [1.807, 2.05) is 26.2 Å². The maximum atomic E-state index is 11.5. The quantitative estimate of drug-likeness (QED) is 0.843. The predicted octanol–water partition coefficient (Wildman–Crippen LogP) is 2.43. The molecule has 0 bridgehead atoms. The van der Waals surface area contributed by atoms with Gasteiger partial charge in [0.05, 0.1) is 0 Å². The van der Waals surface area contributed by atoms with Gasteiger partial charge in [-0.15, -0.1) is 11.3 Å². The molecule has 1 aromatic heterocycles. The first-order valence-corrected chi connectivity index (χ1v) is 6.46. The molecule has 0 saturated carbocycles. The van der Waals surface area contributed by atoms with Crippen LogP contribution in [0.3, 0.4) is 0 Å². The van der Waals surface area contributed by atoms with E-state index in [-0.39, 0.29) is 5.91 Å². The SMILES string of the molecule is CN(C)NC(=O)CCc1csc2ccccc12. The third-order valence-corrected chi connectivity index (χ3v) is 3.54. The zero-order valence-electron chi connectivity index (χ0n) is 10.1. The molecule has 0 aliphatic heterocycles. The lowest BCUT2D eigenvalue weighted by Gasteiger charge is -2.11. The molecule has 2 aromatic rings. The molecule has 2 rings (SSSR count). The normalized spacial score (nSPS) is 11.0. The van der Waals surface area contributed by atoms with Crippen molar-refractivity contribution >= 4 is 27.3 Å². The average Bonchev–Trinajstić information content (AvgIpc) is 2.69. The Morgan fingerprint density at radius 3 is 2.88 bits per heavy atom. The van der Waals surface area contributed by atoms with Gasteiger partial charge in [0.1, 0.15) is 0 Å². The molecule has 0 saturated heterocycles. The van der Waals surface area contributed by atoms with Gasteiger partial charge in [0, 0.05) is 25.2 Å². The number of thiophene rings is 1. The number of amides is 1. The van der Waals surface area contributed by atoms with Crippen molar-refractivity contribution in [2.24, 2.45) is 0 Å². The number of rotatable bonds is 4. The Hall–Kier alpha value is -1.39. The second-order valence-corrected chi connectivity index (χ2v) is 5.10. The number of benzene rings is 1. The van der Waals surface area contributed by atoms with Crippen molar-refractivity contribution in [2.75, 3.05) is 14.1 Å². The van der Waals surface area contributed by atoms with Crippen molar-refractivity contribution in [2.45, 2.75) is 12.8 Å². The highest BCUT2D eigenvalue weighted by molar-refractivity contribution is 7.17. The van der Waals surface area contributed by atoms with Crippen LogP contribution in [0.25, 0.3) is 10.1 Å². The van der Waals surface area contributed by atoms with Gasteiger partial charge >= 0.3 is 0 Å². The Bertz CT molecular complexity index is 519. The Morgan fingerprint density at radius 1 is 1.35 bits per heavy atom. The standard InChI is InChI=1S/C13H16N2OS/c1-15(2)14-13(16)8-7-10-9-17-12-6-4-3-5-11(10)12/h3-6,9H,7-8H2,1-2H3,(H,14,16). The van der Waals surface area contributed by atoms with Crippen LogP contribution in [-0.2, 0) is 11.2 Å². The maximum Gasteiger partial charge on any atom is 0.234 e. The lowest BCUT2D eigenvalue weighted by molar-refractivity contribution is -0.124. The van der Waals surface area contributed by atoms with Crippen LogP contribution in [0.5, 0.6) is 0 Å². The molecule has 0 aliphatic rings. The number of nitrogens with one attached hydrogen (secondary N) is 1. The lowest BCUT2D eigenvalue weighted by atomic mass is 10.1. The summed E-state index contributed by atoms with van der Waals surface area (Å²) in [6, 6.07) is 8.31. The van der Waals surface area contributed by atoms with Gasteiger partial charge in [0.15, 0.2) is 0 Å². The Labute approximate surface area is 105 Å². The lowest BCUT2D eigenvalue weighted by Crippen LogP contribution is -2.36. The molecule has 17 heavy (non-hydrogen) atoms. The van der Waals surface area contributed by atoms with Gasteiger partial charge in [0.25, 0.3) is 0 Å². The smallest absolute Gasteiger partial charge is 0.234 e. The summed E-state index contributed by atoms with van der Waals surface area (Å²) >= 11 is 1.74. The largest absolute Gasteiger partial charge is 0.289 e. The highest BCUT2D eigenvalue weighted by Gasteiger charge is 2.06. The minimum absolute atomic E-state index is 0.0604. The monoisotopic (exact) mass is 248 g/mol. The summed E-state index contributed by atoms with van der Waals surface area (Å²) in [5.74, 6) is 0.0604. The molecular weight excluding hydrogens is 232 g/mol. The van der Waals surface area contributed by atoms with Crippen LogP contribution in [0.2, 0.25) is 0 Å². The topological polar surface area (TPSA) is 32.3 Å². The van der Waals surface area contributed by atoms with Crippen LogP contribution < -0.4 is 5.43 Å². The number of nitrogens with zero attached hydrogens (tertiary/aromatic N) is 1. The van der Waals surface area contributed by atoms with Gasteiger partial charge in [-0.05, 0) is 28.8 Å². The van der Waals surface area contributed by atoms with Crippen molar-refractivity contribution in [3.05, 3.63) is 35.2 Å². The van der Waals surface area contributed by atoms with Crippen molar-refractivity contribution in [1.29, 1.82) is 0 Å². The molecule has 0 atom stereocenters. The summed E-state index contributed by atoms with van der Waals surface area (Å²) in [4.78, 5) is 11.5. The van der Waals surface area contributed by atoms with Crippen LogP contribution in [0.15, 0.2) is 29.6 Å². The molecule has 0 unspecified atom stereocenters. The molecule has 3 nitrogen and oxygen atoms in total. The fourth-order valence-electron chi connectivity index (χ4n) is 1.78. The zero-order valence-corrected chi connectivity index (χ0v) is 10.9. The molecule has 1 N–H and O–H groups in total. The van der Waals surface area contributed by atoms with Gasteiger partial charge in [-0.25, -0.2) is 5.01 Å². The number of hydrazine groups is 1. The summed E-state index contributed by atoms with van der Waals surface area (Å²) < 4.78 is 1.29. The first kappa shape index (κ1) is 12.1. The van der Waals surface area contributed by atoms with E-state index in [0.717, 1.165) is 6.42 Å².